The van der Waals surface area contributed by atoms with Gasteiger partial charge >= 0.3 is 0 Å². The molecular formula is C17H39IN4O. The van der Waals surface area contributed by atoms with Crippen LogP contribution in [-0.2, 0) is 4.74 Å². The smallest absolute Gasteiger partial charge is 0.191 e. The van der Waals surface area contributed by atoms with E-state index >= 15 is 0 Å². The molecule has 140 valence electrons. The van der Waals surface area contributed by atoms with Crippen LogP contribution in [-0.4, -0.2) is 63.3 Å². The number of rotatable bonds is 13. The highest BCUT2D eigenvalue weighted by atomic mass is 127. The average Bonchev–Trinajstić information content (AvgIpc) is 2.52. The number of guanidine groups is 1. The minimum absolute atomic E-state index is 0. The fourth-order valence-corrected chi connectivity index (χ4v) is 1.93. The normalized spacial score (nSPS) is 12.9. The second kappa shape index (κ2) is 18.3. The molecule has 1 unspecified atom stereocenters. The van der Waals surface area contributed by atoms with Gasteiger partial charge in [0, 0.05) is 45.4 Å². The third-order valence-corrected chi connectivity index (χ3v) is 3.80. The number of hydrogen-bond donors (Lipinski definition) is 2. The van der Waals surface area contributed by atoms with Crippen molar-refractivity contribution in [3.05, 3.63) is 0 Å². The molecule has 1 atom stereocenters. The Balaban J connectivity index is 0. The van der Waals surface area contributed by atoms with E-state index in [1.807, 2.05) is 0 Å². The van der Waals surface area contributed by atoms with Crippen molar-refractivity contribution in [1.82, 2.24) is 15.5 Å². The Morgan fingerprint density at radius 3 is 2.43 bits per heavy atom. The molecule has 0 aliphatic carbocycles. The van der Waals surface area contributed by atoms with Gasteiger partial charge < -0.3 is 20.3 Å². The van der Waals surface area contributed by atoms with Crippen LogP contribution < -0.4 is 10.6 Å². The Labute approximate surface area is 161 Å². The third kappa shape index (κ3) is 15.2. The van der Waals surface area contributed by atoms with Crippen LogP contribution in [0.15, 0.2) is 4.99 Å². The molecule has 0 spiro atoms. The molecule has 0 aliphatic heterocycles. The summed E-state index contributed by atoms with van der Waals surface area (Å²) in [6, 6.07) is 0.626. The van der Waals surface area contributed by atoms with Gasteiger partial charge in [-0.1, -0.05) is 20.3 Å². The molecule has 0 heterocycles. The van der Waals surface area contributed by atoms with Crippen molar-refractivity contribution < 1.29 is 4.74 Å². The van der Waals surface area contributed by atoms with Crippen LogP contribution in [0.25, 0.3) is 0 Å². The van der Waals surface area contributed by atoms with Gasteiger partial charge in [0.2, 0.25) is 0 Å². The summed E-state index contributed by atoms with van der Waals surface area (Å²) in [5, 5.41) is 6.69. The van der Waals surface area contributed by atoms with Gasteiger partial charge in [-0.15, -0.1) is 24.0 Å². The predicted molar refractivity (Wildman–Crippen MR) is 112 cm³/mol. The number of halogens is 1. The minimum Gasteiger partial charge on any atom is -0.381 e. The Kier molecular flexibility index (Phi) is 20.0. The zero-order chi connectivity index (χ0) is 16.6. The average molecular weight is 442 g/mol. The lowest BCUT2D eigenvalue weighted by atomic mass is 10.2. The fraction of sp³-hybridized carbons (Fsp3) is 0.941. The Morgan fingerprint density at radius 1 is 1.13 bits per heavy atom. The van der Waals surface area contributed by atoms with Gasteiger partial charge in [0.15, 0.2) is 5.96 Å². The summed E-state index contributed by atoms with van der Waals surface area (Å²) in [6.45, 7) is 14.1. The van der Waals surface area contributed by atoms with Gasteiger partial charge in [-0.25, -0.2) is 0 Å². The highest BCUT2D eigenvalue weighted by molar-refractivity contribution is 14.0. The molecule has 23 heavy (non-hydrogen) atoms. The van der Waals surface area contributed by atoms with Crippen LogP contribution >= 0.6 is 24.0 Å². The third-order valence-electron chi connectivity index (χ3n) is 3.80. The Bertz CT molecular complexity index is 277. The first-order valence-corrected chi connectivity index (χ1v) is 8.95. The second-order valence-electron chi connectivity index (χ2n) is 5.74. The SMILES string of the molecule is CCCCOCCCN=C(NCC)NCCN(C)C(C)CC.I. The molecule has 0 aliphatic rings. The number of likely N-dealkylation sites (N-methyl/N-ethyl adjacent to an activating group) is 1. The van der Waals surface area contributed by atoms with E-state index in [1.165, 1.54) is 12.8 Å². The number of hydrogen-bond acceptors (Lipinski definition) is 3. The van der Waals surface area contributed by atoms with Crippen LogP contribution in [0.5, 0.6) is 0 Å². The summed E-state index contributed by atoms with van der Waals surface area (Å²) >= 11 is 0. The number of ether oxygens (including phenoxy) is 1. The molecule has 0 amide bonds. The van der Waals surface area contributed by atoms with Crippen molar-refractivity contribution in [2.75, 3.05) is 46.4 Å². The van der Waals surface area contributed by atoms with E-state index in [-0.39, 0.29) is 24.0 Å². The first-order chi connectivity index (χ1) is 10.7. The molecule has 0 bridgehead atoms. The summed E-state index contributed by atoms with van der Waals surface area (Å²) in [6.07, 6.45) is 4.50. The van der Waals surface area contributed by atoms with E-state index < -0.39 is 0 Å². The quantitative estimate of drug-likeness (QED) is 0.199. The van der Waals surface area contributed by atoms with E-state index in [2.05, 4.69) is 55.3 Å². The van der Waals surface area contributed by atoms with Crippen LogP contribution in [0.2, 0.25) is 0 Å². The Morgan fingerprint density at radius 2 is 1.83 bits per heavy atom. The molecule has 0 aromatic rings. The van der Waals surface area contributed by atoms with E-state index in [9.17, 15) is 0 Å². The molecule has 0 saturated heterocycles. The summed E-state index contributed by atoms with van der Waals surface area (Å²) < 4.78 is 5.55. The van der Waals surface area contributed by atoms with Crippen LogP contribution in [0.1, 0.15) is 53.4 Å². The van der Waals surface area contributed by atoms with E-state index in [1.54, 1.807) is 0 Å². The first-order valence-electron chi connectivity index (χ1n) is 8.95. The molecule has 5 nitrogen and oxygen atoms in total. The monoisotopic (exact) mass is 442 g/mol. The summed E-state index contributed by atoms with van der Waals surface area (Å²) in [5.41, 5.74) is 0. The van der Waals surface area contributed by atoms with Gasteiger partial charge in [0.05, 0.1) is 0 Å². The zero-order valence-corrected chi connectivity index (χ0v) is 18.2. The van der Waals surface area contributed by atoms with Crippen molar-refractivity contribution in [1.29, 1.82) is 0 Å². The molecular weight excluding hydrogens is 403 g/mol. The Hall–Kier alpha value is -0.0800. The van der Waals surface area contributed by atoms with Crippen molar-refractivity contribution in [3.8, 4) is 0 Å². The van der Waals surface area contributed by atoms with E-state index in [0.29, 0.717) is 6.04 Å². The van der Waals surface area contributed by atoms with Gasteiger partial charge in [0.25, 0.3) is 0 Å². The highest BCUT2D eigenvalue weighted by Gasteiger charge is 2.06. The predicted octanol–water partition coefficient (Wildman–Crippen LogP) is 3.10. The van der Waals surface area contributed by atoms with Crippen molar-refractivity contribution in [3.63, 3.8) is 0 Å². The van der Waals surface area contributed by atoms with Crippen molar-refractivity contribution in [2.45, 2.75) is 59.4 Å². The largest absolute Gasteiger partial charge is 0.381 e. The summed E-state index contributed by atoms with van der Waals surface area (Å²) in [4.78, 5) is 6.96. The van der Waals surface area contributed by atoms with Gasteiger partial charge in [0.1, 0.15) is 0 Å². The van der Waals surface area contributed by atoms with Crippen molar-refractivity contribution in [2.24, 2.45) is 4.99 Å². The lowest BCUT2D eigenvalue weighted by Gasteiger charge is -2.24. The number of unbranched alkanes of at least 4 members (excludes halogenated alkanes) is 1. The molecule has 2 N–H and O–H groups in total. The maximum Gasteiger partial charge on any atom is 0.191 e. The standard InChI is InChI=1S/C17H38N4O.HI/c1-6-9-14-22-15-10-11-19-17(18-8-3)20-12-13-21(5)16(4)7-2;/h16H,6-15H2,1-5H3,(H2,18,19,20);1H. The minimum atomic E-state index is 0. The molecule has 0 aromatic heterocycles. The van der Waals surface area contributed by atoms with Crippen LogP contribution in [0, 0.1) is 0 Å². The molecule has 6 heteroatoms. The molecule has 0 fully saturated rings. The highest BCUT2D eigenvalue weighted by Crippen LogP contribution is 1.98. The molecule has 0 rings (SSSR count). The van der Waals surface area contributed by atoms with Gasteiger partial charge in [-0.3, -0.25) is 4.99 Å². The summed E-state index contributed by atoms with van der Waals surface area (Å²) in [7, 11) is 2.17. The van der Waals surface area contributed by atoms with E-state index in [0.717, 1.165) is 58.2 Å². The molecule has 0 aromatic carbocycles. The maximum atomic E-state index is 5.55. The van der Waals surface area contributed by atoms with Gasteiger partial charge in [-0.2, -0.15) is 0 Å². The topological polar surface area (TPSA) is 48.9 Å². The lowest BCUT2D eigenvalue weighted by Crippen LogP contribution is -2.42. The number of aliphatic imine (C=N–C) groups is 1. The van der Waals surface area contributed by atoms with Gasteiger partial charge in [-0.05, 0) is 40.2 Å². The second-order valence-corrected chi connectivity index (χ2v) is 5.74. The number of nitrogens with zero attached hydrogens (tertiary/aromatic N) is 2. The summed E-state index contributed by atoms with van der Waals surface area (Å²) in [5.74, 6) is 0.911. The van der Waals surface area contributed by atoms with Crippen molar-refractivity contribution >= 4 is 29.9 Å². The lowest BCUT2D eigenvalue weighted by molar-refractivity contribution is 0.130. The zero-order valence-electron chi connectivity index (χ0n) is 15.9. The number of nitrogens with one attached hydrogen (secondary N) is 2. The molecule has 0 saturated carbocycles. The maximum absolute atomic E-state index is 5.55. The molecule has 0 radical (unpaired) electrons. The first kappa shape index (κ1) is 25.2. The van der Waals surface area contributed by atoms with Crippen LogP contribution in [0.3, 0.4) is 0 Å². The van der Waals surface area contributed by atoms with E-state index in [4.69, 9.17) is 4.74 Å². The van der Waals surface area contributed by atoms with Crippen LogP contribution in [0.4, 0.5) is 0 Å². The fourth-order valence-electron chi connectivity index (χ4n) is 1.93.